The Morgan fingerprint density at radius 3 is 2.84 bits per heavy atom. The maximum absolute atomic E-state index is 12.2. The number of aryl methyl sites for hydroxylation is 1. The first kappa shape index (κ1) is 17.4. The lowest BCUT2D eigenvalue weighted by atomic mass is 10.1. The minimum atomic E-state index is -0.185. The van der Waals surface area contributed by atoms with E-state index in [1.807, 2.05) is 0 Å². The summed E-state index contributed by atoms with van der Waals surface area (Å²) in [6, 6.07) is 13.5. The molecule has 5 nitrogen and oxygen atoms in total. The second-order valence-corrected chi connectivity index (χ2v) is 6.95. The summed E-state index contributed by atoms with van der Waals surface area (Å²) in [6.07, 6.45) is 0. The van der Waals surface area contributed by atoms with Crippen LogP contribution in [0.2, 0.25) is 0 Å². The zero-order valence-electron chi connectivity index (χ0n) is 14.0. The Kier molecular flexibility index (Phi) is 5.60. The highest BCUT2D eigenvalue weighted by molar-refractivity contribution is 7.98. The molecule has 0 aliphatic carbocycles. The number of carbonyl (C=O) groups excluding carboxylic acids is 2. The maximum atomic E-state index is 12.2. The van der Waals surface area contributed by atoms with Crippen LogP contribution in [0, 0.1) is 6.92 Å². The van der Waals surface area contributed by atoms with Crippen LogP contribution in [0.15, 0.2) is 42.5 Å². The molecule has 1 aliphatic rings. The van der Waals surface area contributed by atoms with Crippen molar-refractivity contribution in [2.45, 2.75) is 12.7 Å². The van der Waals surface area contributed by atoms with Gasteiger partial charge in [-0.1, -0.05) is 29.8 Å². The van der Waals surface area contributed by atoms with Crippen LogP contribution in [0.4, 0.5) is 5.69 Å². The molecule has 25 heavy (non-hydrogen) atoms. The summed E-state index contributed by atoms with van der Waals surface area (Å²) >= 11 is 1.79. The Labute approximate surface area is 151 Å². The van der Waals surface area contributed by atoms with Gasteiger partial charge in [0.15, 0.2) is 6.61 Å². The highest BCUT2D eigenvalue weighted by Crippen LogP contribution is 2.28. The molecule has 2 aromatic rings. The summed E-state index contributed by atoms with van der Waals surface area (Å²) < 4.78 is 5.33. The Balaban J connectivity index is 1.43. The van der Waals surface area contributed by atoms with E-state index in [0.29, 0.717) is 23.5 Å². The van der Waals surface area contributed by atoms with Crippen molar-refractivity contribution in [2.24, 2.45) is 0 Å². The van der Waals surface area contributed by atoms with E-state index in [1.165, 1.54) is 11.1 Å². The number of rotatable bonds is 6. The Bertz CT molecular complexity index is 775. The summed E-state index contributed by atoms with van der Waals surface area (Å²) in [7, 11) is 0. The number of anilines is 1. The molecule has 0 radical (unpaired) electrons. The van der Waals surface area contributed by atoms with E-state index in [4.69, 9.17) is 4.74 Å². The predicted molar refractivity (Wildman–Crippen MR) is 100 cm³/mol. The van der Waals surface area contributed by atoms with E-state index in [1.54, 1.807) is 30.0 Å². The second kappa shape index (κ2) is 8.07. The molecule has 2 amide bonds. The average molecular weight is 356 g/mol. The standard InChI is InChI=1S/C19H20N2O3S/c1-13-2-4-14(5-3-13)12-25-9-8-20-19(23)15-6-7-16-17(10-15)24-11-18(22)21-16/h2-7,10H,8-9,11-12H2,1H3,(H,20,23)(H,21,22). The lowest BCUT2D eigenvalue weighted by molar-refractivity contribution is -0.118. The third-order valence-corrected chi connectivity index (χ3v) is 4.83. The first-order valence-electron chi connectivity index (χ1n) is 8.10. The van der Waals surface area contributed by atoms with Crippen molar-refractivity contribution in [1.29, 1.82) is 0 Å². The lowest BCUT2D eigenvalue weighted by Crippen LogP contribution is -2.27. The molecule has 0 saturated carbocycles. The molecule has 0 fully saturated rings. The number of ether oxygens (including phenoxy) is 1. The first-order chi connectivity index (χ1) is 12.1. The van der Waals surface area contributed by atoms with Crippen LogP contribution in [0.25, 0.3) is 0 Å². The smallest absolute Gasteiger partial charge is 0.262 e. The van der Waals surface area contributed by atoms with Crippen LogP contribution in [0.1, 0.15) is 21.5 Å². The van der Waals surface area contributed by atoms with Gasteiger partial charge < -0.3 is 15.4 Å². The van der Waals surface area contributed by atoms with Gasteiger partial charge in [-0.25, -0.2) is 0 Å². The molecule has 0 aromatic heterocycles. The molecule has 0 unspecified atom stereocenters. The molecule has 0 bridgehead atoms. The highest BCUT2D eigenvalue weighted by Gasteiger charge is 2.17. The topological polar surface area (TPSA) is 67.4 Å². The highest BCUT2D eigenvalue weighted by atomic mass is 32.2. The Morgan fingerprint density at radius 1 is 1.24 bits per heavy atom. The van der Waals surface area contributed by atoms with E-state index >= 15 is 0 Å². The number of thioether (sulfide) groups is 1. The molecule has 0 atom stereocenters. The maximum Gasteiger partial charge on any atom is 0.262 e. The molecule has 3 rings (SSSR count). The van der Waals surface area contributed by atoms with Crippen molar-refractivity contribution >= 4 is 29.3 Å². The molecule has 2 N–H and O–H groups in total. The Hall–Kier alpha value is -2.47. The summed E-state index contributed by atoms with van der Waals surface area (Å²) in [4.78, 5) is 23.5. The monoisotopic (exact) mass is 356 g/mol. The van der Waals surface area contributed by atoms with Crippen molar-refractivity contribution in [3.05, 3.63) is 59.2 Å². The fourth-order valence-electron chi connectivity index (χ4n) is 2.43. The minimum Gasteiger partial charge on any atom is -0.482 e. The van der Waals surface area contributed by atoms with Gasteiger partial charge in [0.1, 0.15) is 5.75 Å². The number of benzene rings is 2. The van der Waals surface area contributed by atoms with Gasteiger partial charge in [0.25, 0.3) is 11.8 Å². The molecular formula is C19H20N2O3S. The Morgan fingerprint density at radius 2 is 2.04 bits per heavy atom. The molecule has 0 spiro atoms. The van der Waals surface area contributed by atoms with E-state index in [2.05, 4.69) is 41.8 Å². The molecule has 2 aromatic carbocycles. The largest absolute Gasteiger partial charge is 0.482 e. The van der Waals surface area contributed by atoms with Crippen LogP contribution in [0.3, 0.4) is 0 Å². The lowest BCUT2D eigenvalue weighted by Gasteiger charge is -2.18. The fourth-order valence-corrected chi connectivity index (χ4v) is 3.25. The minimum absolute atomic E-state index is 0.0201. The number of carbonyl (C=O) groups is 2. The zero-order valence-corrected chi connectivity index (χ0v) is 14.8. The van der Waals surface area contributed by atoms with Gasteiger partial charge in [-0.15, -0.1) is 0 Å². The number of amides is 2. The van der Waals surface area contributed by atoms with Crippen LogP contribution in [-0.4, -0.2) is 30.7 Å². The van der Waals surface area contributed by atoms with Gasteiger partial charge in [0.05, 0.1) is 5.69 Å². The van der Waals surface area contributed by atoms with Gasteiger partial charge in [0, 0.05) is 23.6 Å². The number of hydrogen-bond acceptors (Lipinski definition) is 4. The summed E-state index contributed by atoms with van der Waals surface area (Å²) in [6.45, 7) is 2.66. The van der Waals surface area contributed by atoms with Gasteiger partial charge in [0.2, 0.25) is 0 Å². The van der Waals surface area contributed by atoms with Crippen molar-refractivity contribution in [3.63, 3.8) is 0 Å². The van der Waals surface area contributed by atoms with Crippen LogP contribution >= 0.6 is 11.8 Å². The number of nitrogens with one attached hydrogen (secondary N) is 2. The van der Waals surface area contributed by atoms with Crippen molar-refractivity contribution in [1.82, 2.24) is 5.32 Å². The zero-order chi connectivity index (χ0) is 17.6. The van der Waals surface area contributed by atoms with Gasteiger partial charge in [-0.3, -0.25) is 9.59 Å². The molecule has 1 heterocycles. The SMILES string of the molecule is Cc1ccc(CSCCNC(=O)c2ccc3c(c2)OCC(=O)N3)cc1. The van der Waals surface area contributed by atoms with Crippen LogP contribution in [-0.2, 0) is 10.5 Å². The molecule has 130 valence electrons. The van der Waals surface area contributed by atoms with Crippen LogP contribution in [0.5, 0.6) is 5.75 Å². The fraction of sp³-hybridized carbons (Fsp3) is 0.263. The van der Waals surface area contributed by atoms with Crippen molar-refractivity contribution < 1.29 is 14.3 Å². The van der Waals surface area contributed by atoms with Gasteiger partial charge in [-0.2, -0.15) is 11.8 Å². The normalized spacial score (nSPS) is 12.8. The first-order valence-corrected chi connectivity index (χ1v) is 9.25. The average Bonchev–Trinajstić information content (AvgIpc) is 2.62. The summed E-state index contributed by atoms with van der Waals surface area (Å²) in [5.41, 5.74) is 3.67. The van der Waals surface area contributed by atoms with E-state index in [9.17, 15) is 9.59 Å². The number of hydrogen-bond donors (Lipinski definition) is 2. The molecule has 0 saturated heterocycles. The second-order valence-electron chi connectivity index (χ2n) is 5.84. The number of fused-ring (bicyclic) bond motifs is 1. The van der Waals surface area contributed by atoms with Crippen LogP contribution < -0.4 is 15.4 Å². The van der Waals surface area contributed by atoms with E-state index in [0.717, 1.165) is 11.5 Å². The van der Waals surface area contributed by atoms with E-state index in [-0.39, 0.29) is 18.4 Å². The molecule has 1 aliphatic heterocycles. The van der Waals surface area contributed by atoms with Gasteiger partial charge >= 0.3 is 0 Å². The molecular weight excluding hydrogens is 336 g/mol. The summed E-state index contributed by atoms with van der Waals surface area (Å²) in [5.74, 6) is 1.98. The third-order valence-electron chi connectivity index (χ3n) is 3.80. The van der Waals surface area contributed by atoms with E-state index < -0.39 is 0 Å². The molecule has 6 heteroatoms. The predicted octanol–water partition coefficient (Wildman–Crippen LogP) is 2.99. The quantitative estimate of drug-likeness (QED) is 0.781. The third kappa shape index (κ3) is 4.76. The van der Waals surface area contributed by atoms with Crippen molar-refractivity contribution in [2.75, 3.05) is 24.2 Å². The van der Waals surface area contributed by atoms with Crippen molar-refractivity contribution in [3.8, 4) is 5.75 Å². The summed E-state index contributed by atoms with van der Waals surface area (Å²) in [5, 5.41) is 5.61. The van der Waals surface area contributed by atoms with Gasteiger partial charge in [-0.05, 0) is 30.7 Å².